The summed E-state index contributed by atoms with van der Waals surface area (Å²) in [5, 5.41) is 0. The van der Waals surface area contributed by atoms with Gasteiger partial charge in [0.25, 0.3) is 5.94 Å². The molecule has 3 rings (SSSR count). The minimum absolute atomic E-state index is 0.109. The van der Waals surface area contributed by atoms with E-state index in [1.807, 2.05) is 24.3 Å². The molecule has 0 amide bonds. The molecule has 1 aliphatic rings. The van der Waals surface area contributed by atoms with E-state index in [1.165, 1.54) is 13.2 Å². The van der Waals surface area contributed by atoms with Crippen molar-refractivity contribution in [2.45, 2.75) is 4.90 Å². The van der Waals surface area contributed by atoms with E-state index in [0.717, 1.165) is 11.3 Å². The molecule has 0 radical (unpaired) electrons. The predicted octanol–water partition coefficient (Wildman–Crippen LogP) is 3.06. The Bertz CT molecular complexity index is 783. The molecule has 6 heteroatoms. The number of methoxy groups -OCH3 is 2. The summed E-state index contributed by atoms with van der Waals surface area (Å²) < 4.78 is 27.5. The molecule has 0 fully saturated rings. The van der Waals surface area contributed by atoms with Crippen molar-refractivity contribution in [3.63, 3.8) is 0 Å². The maximum absolute atomic E-state index is 12.5. The Balaban J connectivity index is 1.85. The largest absolute Gasteiger partial charge is 0.609 e. The summed E-state index contributed by atoms with van der Waals surface area (Å²) >= 11 is -1.21. The fourth-order valence-corrected chi connectivity index (χ4v) is 3.29. The van der Waals surface area contributed by atoms with Gasteiger partial charge in [0.1, 0.15) is 11.5 Å². The van der Waals surface area contributed by atoms with Crippen molar-refractivity contribution >= 4 is 23.0 Å². The number of ketones is 1. The van der Waals surface area contributed by atoms with Crippen LogP contribution < -0.4 is 14.2 Å². The first-order chi connectivity index (χ1) is 11.6. The van der Waals surface area contributed by atoms with Crippen molar-refractivity contribution in [1.82, 2.24) is 0 Å². The van der Waals surface area contributed by atoms with E-state index >= 15 is 0 Å². The highest BCUT2D eigenvalue weighted by atomic mass is 32.2. The maximum Gasteiger partial charge on any atom is 0.250 e. The van der Waals surface area contributed by atoms with Gasteiger partial charge in [-0.3, -0.25) is 4.79 Å². The Morgan fingerprint density at radius 2 is 1.96 bits per heavy atom. The molecule has 1 aliphatic heterocycles. The average Bonchev–Trinajstić information content (AvgIpc) is 2.99. The lowest BCUT2D eigenvalue weighted by molar-refractivity contribution is 0.104. The van der Waals surface area contributed by atoms with Gasteiger partial charge in [-0.25, -0.2) is 0 Å². The van der Waals surface area contributed by atoms with Crippen LogP contribution in [0.25, 0.3) is 6.08 Å². The van der Waals surface area contributed by atoms with Crippen LogP contribution in [0, 0.1) is 0 Å². The molecular weight excluding hydrogens is 328 g/mol. The molecule has 0 aliphatic carbocycles. The average molecular weight is 344 g/mol. The second kappa shape index (κ2) is 6.98. The lowest BCUT2D eigenvalue weighted by Crippen LogP contribution is -2.02. The van der Waals surface area contributed by atoms with Gasteiger partial charge in [-0.15, -0.1) is 0 Å². The summed E-state index contributed by atoms with van der Waals surface area (Å²) in [5.74, 6) is 1.50. The number of hydrogen-bond acceptors (Lipinski definition) is 5. The van der Waals surface area contributed by atoms with Crippen LogP contribution >= 0.6 is 0 Å². The van der Waals surface area contributed by atoms with Crippen LogP contribution in [0.5, 0.6) is 17.2 Å². The van der Waals surface area contributed by atoms with Gasteiger partial charge in [0.2, 0.25) is 4.90 Å². The molecule has 0 spiro atoms. The van der Waals surface area contributed by atoms with Gasteiger partial charge in [0, 0.05) is 23.3 Å². The molecule has 0 saturated carbocycles. The van der Waals surface area contributed by atoms with Crippen molar-refractivity contribution < 1.29 is 23.6 Å². The fourth-order valence-electron chi connectivity index (χ4n) is 2.35. The number of carbonyl (C=O) groups is 1. The quantitative estimate of drug-likeness (QED) is 0.474. The molecule has 2 aromatic carbocycles. The number of fused-ring (bicyclic) bond motifs is 1. The Labute approximate surface area is 143 Å². The van der Waals surface area contributed by atoms with E-state index in [-0.39, 0.29) is 11.7 Å². The lowest BCUT2D eigenvalue weighted by Gasteiger charge is -2.07. The van der Waals surface area contributed by atoms with Crippen LogP contribution in [0.15, 0.2) is 47.4 Å². The van der Waals surface area contributed by atoms with Crippen LogP contribution in [0.1, 0.15) is 15.9 Å². The van der Waals surface area contributed by atoms with Crippen molar-refractivity contribution in [1.29, 1.82) is 0 Å². The van der Waals surface area contributed by atoms with Crippen molar-refractivity contribution in [2.24, 2.45) is 0 Å². The van der Waals surface area contributed by atoms with Crippen LogP contribution in [-0.4, -0.2) is 30.5 Å². The van der Waals surface area contributed by atoms with Gasteiger partial charge in [-0.05, 0) is 23.8 Å². The third kappa shape index (κ3) is 3.25. The first-order valence-electron chi connectivity index (χ1n) is 7.22. The fraction of sp³-hybridized carbons (Fsp3) is 0.167. The molecule has 5 nitrogen and oxygen atoms in total. The zero-order chi connectivity index (χ0) is 17.1. The first-order valence-corrected chi connectivity index (χ1v) is 8.54. The highest BCUT2D eigenvalue weighted by Gasteiger charge is 2.29. The van der Waals surface area contributed by atoms with Gasteiger partial charge in [-0.2, -0.15) is 0 Å². The highest BCUT2D eigenvalue weighted by molar-refractivity contribution is 7.91. The summed E-state index contributed by atoms with van der Waals surface area (Å²) in [6.45, 7) is 0. The number of carbonyl (C=O) groups excluding carboxylic acids is 1. The number of hydrogen-bond donors (Lipinski definition) is 0. The summed E-state index contributed by atoms with van der Waals surface area (Å²) in [5.41, 5.74) is 1.25. The van der Waals surface area contributed by atoms with E-state index in [0.29, 0.717) is 22.0 Å². The molecule has 0 bridgehead atoms. The molecule has 2 aromatic rings. The summed E-state index contributed by atoms with van der Waals surface area (Å²) in [6.07, 6.45) is 3.19. The SMILES string of the molecule is COc1ccc(/C=C/C(=O)c2cc3c(cc2OC)[S+]([O-])CO3)cc1. The summed E-state index contributed by atoms with van der Waals surface area (Å²) in [7, 11) is 3.08. The Morgan fingerprint density at radius 3 is 2.62 bits per heavy atom. The lowest BCUT2D eigenvalue weighted by atomic mass is 10.1. The Kier molecular flexibility index (Phi) is 4.78. The molecule has 0 aromatic heterocycles. The first kappa shape index (κ1) is 16.4. The third-order valence-corrected chi connectivity index (χ3v) is 4.78. The number of allylic oxidation sites excluding steroid dienone is 1. The number of rotatable bonds is 5. The van der Waals surface area contributed by atoms with Gasteiger partial charge in [0.15, 0.2) is 11.5 Å². The van der Waals surface area contributed by atoms with E-state index in [2.05, 4.69) is 0 Å². The van der Waals surface area contributed by atoms with Gasteiger partial charge >= 0.3 is 0 Å². The summed E-state index contributed by atoms with van der Waals surface area (Å²) in [4.78, 5) is 13.0. The zero-order valence-corrected chi connectivity index (χ0v) is 14.1. The molecule has 1 heterocycles. The monoisotopic (exact) mass is 344 g/mol. The normalized spacial score (nSPS) is 15.9. The summed E-state index contributed by atoms with van der Waals surface area (Å²) in [6, 6.07) is 10.5. The zero-order valence-electron chi connectivity index (χ0n) is 13.3. The maximum atomic E-state index is 12.5. The van der Waals surface area contributed by atoms with Crippen LogP contribution in [0.4, 0.5) is 0 Å². The molecule has 0 N–H and O–H groups in total. The minimum atomic E-state index is -1.21. The molecule has 1 unspecified atom stereocenters. The van der Waals surface area contributed by atoms with Gasteiger partial charge in [0.05, 0.1) is 19.8 Å². The van der Waals surface area contributed by atoms with Crippen molar-refractivity contribution in [3.8, 4) is 17.2 Å². The van der Waals surface area contributed by atoms with Gasteiger partial charge in [-0.1, -0.05) is 18.2 Å². The van der Waals surface area contributed by atoms with Crippen molar-refractivity contribution in [2.75, 3.05) is 20.2 Å². The molecule has 124 valence electrons. The van der Waals surface area contributed by atoms with Crippen LogP contribution in [0.2, 0.25) is 0 Å². The second-order valence-corrected chi connectivity index (χ2v) is 6.44. The number of benzene rings is 2. The Morgan fingerprint density at radius 1 is 1.21 bits per heavy atom. The molecule has 1 atom stereocenters. The minimum Gasteiger partial charge on any atom is -0.609 e. The van der Waals surface area contributed by atoms with E-state index in [4.69, 9.17) is 14.2 Å². The molecule has 24 heavy (non-hydrogen) atoms. The smallest absolute Gasteiger partial charge is 0.250 e. The van der Waals surface area contributed by atoms with E-state index < -0.39 is 11.2 Å². The standard InChI is InChI=1S/C18H16O5S/c1-21-13-6-3-12(4-7-13)5-8-15(19)14-9-17-18(10-16(14)22-2)24(20)11-23-17/h3-10H,11H2,1-2H3/b8-5+. The topological polar surface area (TPSA) is 67.8 Å². The van der Waals surface area contributed by atoms with E-state index in [9.17, 15) is 9.35 Å². The highest BCUT2D eigenvalue weighted by Crippen LogP contribution is 2.37. The van der Waals surface area contributed by atoms with Crippen molar-refractivity contribution in [3.05, 3.63) is 53.6 Å². The van der Waals surface area contributed by atoms with Crippen LogP contribution in [-0.2, 0) is 11.2 Å². The molecule has 0 saturated heterocycles. The van der Waals surface area contributed by atoms with E-state index in [1.54, 1.807) is 25.3 Å². The second-order valence-electron chi connectivity index (χ2n) is 5.08. The third-order valence-electron chi connectivity index (χ3n) is 3.64. The predicted molar refractivity (Wildman–Crippen MR) is 91.3 cm³/mol. The van der Waals surface area contributed by atoms with Crippen LogP contribution in [0.3, 0.4) is 0 Å². The van der Waals surface area contributed by atoms with Gasteiger partial charge < -0.3 is 18.8 Å². The number of ether oxygens (including phenoxy) is 3. The molecular formula is C18H16O5S. The Hall–Kier alpha value is -2.44.